The molecule has 0 rings (SSSR count). The minimum absolute atomic E-state index is 0.698. The summed E-state index contributed by atoms with van der Waals surface area (Å²) in [4.78, 5) is 2.35. The van der Waals surface area contributed by atoms with Crippen molar-refractivity contribution in [3.8, 4) is 0 Å². The van der Waals surface area contributed by atoms with Crippen LogP contribution in [0.3, 0.4) is 0 Å². The molecule has 0 atom stereocenters. The molecule has 17 heavy (non-hydrogen) atoms. The van der Waals surface area contributed by atoms with Gasteiger partial charge in [0.15, 0.2) is 0 Å². The Hall–Kier alpha value is -0.240. The Kier molecular flexibility index (Phi) is 13.6. The predicted molar refractivity (Wildman–Crippen MR) is 74.0 cm³/mol. The molecule has 104 valence electrons. The van der Waals surface area contributed by atoms with Crippen molar-refractivity contribution in [3.63, 3.8) is 0 Å². The second kappa shape index (κ2) is 13.8. The maximum atomic E-state index is 5.57. The fourth-order valence-corrected chi connectivity index (χ4v) is 1.60. The first-order valence-corrected chi connectivity index (χ1v) is 6.59. The van der Waals surface area contributed by atoms with E-state index >= 15 is 0 Å². The summed E-state index contributed by atoms with van der Waals surface area (Å²) in [5.41, 5.74) is 16.5. The van der Waals surface area contributed by atoms with Crippen molar-refractivity contribution in [2.45, 2.75) is 6.42 Å². The fourth-order valence-electron chi connectivity index (χ4n) is 1.60. The van der Waals surface area contributed by atoms with Crippen LogP contribution in [0.1, 0.15) is 6.42 Å². The lowest BCUT2D eigenvalue weighted by Crippen LogP contribution is -2.38. The van der Waals surface area contributed by atoms with Gasteiger partial charge in [-0.1, -0.05) is 0 Å². The van der Waals surface area contributed by atoms with Crippen LogP contribution in [-0.4, -0.2) is 70.3 Å². The number of hydrogen-bond donors (Lipinski definition) is 5. The van der Waals surface area contributed by atoms with Crippen molar-refractivity contribution < 1.29 is 0 Å². The summed E-state index contributed by atoms with van der Waals surface area (Å²) in [5, 5.41) is 6.64. The minimum Gasteiger partial charge on any atom is -0.330 e. The first-order valence-electron chi connectivity index (χ1n) is 6.59. The molecule has 0 aromatic heterocycles. The summed E-state index contributed by atoms with van der Waals surface area (Å²) in [6.07, 6.45) is 1.04. The first kappa shape index (κ1) is 16.8. The van der Waals surface area contributed by atoms with Crippen LogP contribution in [0.25, 0.3) is 0 Å². The van der Waals surface area contributed by atoms with Gasteiger partial charge in [-0.2, -0.15) is 0 Å². The maximum Gasteiger partial charge on any atom is 0.0107 e. The van der Waals surface area contributed by atoms with Crippen LogP contribution in [-0.2, 0) is 0 Å². The number of hydrogen-bond acceptors (Lipinski definition) is 6. The Morgan fingerprint density at radius 2 is 1.35 bits per heavy atom. The van der Waals surface area contributed by atoms with E-state index in [1.54, 1.807) is 0 Å². The van der Waals surface area contributed by atoms with Gasteiger partial charge in [0.25, 0.3) is 0 Å². The Bertz CT molecular complexity index is 144. The van der Waals surface area contributed by atoms with Crippen LogP contribution in [0.15, 0.2) is 0 Å². The van der Waals surface area contributed by atoms with E-state index in [1.807, 2.05) is 0 Å². The van der Waals surface area contributed by atoms with E-state index < -0.39 is 0 Å². The molecule has 0 saturated heterocycles. The van der Waals surface area contributed by atoms with Crippen LogP contribution >= 0.6 is 0 Å². The highest BCUT2D eigenvalue weighted by molar-refractivity contribution is 4.61. The predicted octanol–water partition coefficient (Wildman–Crippen LogP) is -2.27. The van der Waals surface area contributed by atoms with Crippen molar-refractivity contribution in [2.24, 2.45) is 17.2 Å². The van der Waals surface area contributed by atoms with Crippen molar-refractivity contribution in [1.29, 1.82) is 0 Å². The molecule has 0 aromatic carbocycles. The average molecular weight is 246 g/mol. The van der Waals surface area contributed by atoms with E-state index in [-0.39, 0.29) is 0 Å². The Labute approximate surface area is 105 Å². The number of nitrogens with two attached hydrogens (primary N) is 3. The van der Waals surface area contributed by atoms with Gasteiger partial charge in [-0.3, -0.25) is 0 Å². The quantitative estimate of drug-likeness (QED) is 0.235. The van der Waals surface area contributed by atoms with Gasteiger partial charge < -0.3 is 32.7 Å². The van der Waals surface area contributed by atoms with Crippen LogP contribution in [0.4, 0.5) is 0 Å². The molecular formula is C11H30N6. The molecule has 0 aromatic rings. The lowest BCUT2D eigenvalue weighted by molar-refractivity contribution is 0.278. The highest BCUT2D eigenvalue weighted by atomic mass is 15.1. The molecule has 8 N–H and O–H groups in total. The Morgan fingerprint density at radius 1 is 0.647 bits per heavy atom. The van der Waals surface area contributed by atoms with Crippen molar-refractivity contribution in [2.75, 3.05) is 65.4 Å². The van der Waals surface area contributed by atoms with Gasteiger partial charge in [0.05, 0.1) is 0 Å². The fraction of sp³-hybridized carbons (Fsp3) is 1.00. The topological polar surface area (TPSA) is 105 Å². The summed E-state index contributed by atoms with van der Waals surface area (Å²) < 4.78 is 0. The third-order valence-electron chi connectivity index (χ3n) is 2.53. The van der Waals surface area contributed by atoms with Crippen LogP contribution in [0.5, 0.6) is 0 Å². The van der Waals surface area contributed by atoms with E-state index in [9.17, 15) is 0 Å². The van der Waals surface area contributed by atoms with Gasteiger partial charge in [-0.15, -0.1) is 0 Å². The molecule has 0 spiro atoms. The molecule has 0 aliphatic carbocycles. The molecular weight excluding hydrogens is 216 g/mol. The van der Waals surface area contributed by atoms with Gasteiger partial charge in [-0.05, 0) is 19.5 Å². The van der Waals surface area contributed by atoms with Crippen molar-refractivity contribution in [3.05, 3.63) is 0 Å². The largest absolute Gasteiger partial charge is 0.330 e. The van der Waals surface area contributed by atoms with Gasteiger partial charge in [-0.25, -0.2) is 0 Å². The maximum absolute atomic E-state index is 5.57. The third-order valence-corrected chi connectivity index (χ3v) is 2.53. The zero-order valence-electron chi connectivity index (χ0n) is 11.0. The van der Waals surface area contributed by atoms with Gasteiger partial charge in [0, 0.05) is 52.4 Å². The smallest absolute Gasteiger partial charge is 0.0107 e. The second-order valence-corrected chi connectivity index (χ2v) is 4.06. The molecule has 0 bridgehead atoms. The highest BCUT2D eigenvalue weighted by Crippen LogP contribution is 1.88. The molecule has 0 radical (unpaired) electrons. The Morgan fingerprint density at radius 3 is 1.94 bits per heavy atom. The van der Waals surface area contributed by atoms with Gasteiger partial charge >= 0.3 is 0 Å². The summed E-state index contributed by atoms with van der Waals surface area (Å²) in [5.74, 6) is 0. The molecule has 0 amide bonds. The van der Waals surface area contributed by atoms with E-state index in [0.29, 0.717) is 13.1 Å². The Balaban J connectivity index is 3.34. The first-order chi connectivity index (χ1) is 8.35. The molecule has 6 nitrogen and oxygen atoms in total. The molecule has 0 aliphatic heterocycles. The standard InChI is InChI=1S/C11H30N6/c12-2-1-9-17(10-4-14)11-8-16-7-6-15-5-3-13/h15-16H,1-14H2. The summed E-state index contributed by atoms with van der Waals surface area (Å²) in [7, 11) is 0. The van der Waals surface area contributed by atoms with E-state index in [4.69, 9.17) is 17.2 Å². The van der Waals surface area contributed by atoms with E-state index in [0.717, 1.165) is 58.8 Å². The molecule has 0 fully saturated rings. The average Bonchev–Trinajstić information content (AvgIpc) is 2.34. The summed E-state index contributed by atoms with van der Waals surface area (Å²) >= 11 is 0. The van der Waals surface area contributed by atoms with Gasteiger partial charge in [0.1, 0.15) is 0 Å². The van der Waals surface area contributed by atoms with E-state index in [2.05, 4.69) is 15.5 Å². The molecule has 0 saturated carbocycles. The zero-order chi connectivity index (χ0) is 12.8. The molecule has 0 heterocycles. The van der Waals surface area contributed by atoms with Crippen LogP contribution in [0, 0.1) is 0 Å². The second-order valence-electron chi connectivity index (χ2n) is 4.06. The van der Waals surface area contributed by atoms with Crippen LogP contribution in [0.2, 0.25) is 0 Å². The lowest BCUT2D eigenvalue weighted by atomic mass is 10.3. The zero-order valence-corrected chi connectivity index (χ0v) is 11.0. The van der Waals surface area contributed by atoms with E-state index in [1.165, 1.54) is 0 Å². The molecule has 0 unspecified atom stereocenters. The third kappa shape index (κ3) is 12.0. The lowest BCUT2D eigenvalue weighted by Gasteiger charge is -2.21. The van der Waals surface area contributed by atoms with Crippen LogP contribution < -0.4 is 27.8 Å². The van der Waals surface area contributed by atoms with Crippen molar-refractivity contribution in [1.82, 2.24) is 15.5 Å². The SMILES string of the molecule is NCCCN(CCN)CCNCCNCCN. The molecule has 0 aliphatic rings. The minimum atomic E-state index is 0.698. The number of nitrogens with one attached hydrogen (secondary N) is 2. The monoisotopic (exact) mass is 246 g/mol. The van der Waals surface area contributed by atoms with Crippen molar-refractivity contribution >= 4 is 0 Å². The highest BCUT2D eigenvalue weighted by Gasteiger charge is 2.01. The summed E-state index contributed by atoms with van der Waals surface area (Å²) in [6, 6.07) is 0. The number of nitrogens with zero attached hydrogens (tertiary/aromatic N) is 1. The van der Waals surface area contributed by atoms with Gasteiger partial charge in [0.2, 0.25) is 0 Å². The normalized spacial score (nSPS) is 11.3. The molecule has 6 heteroatoms. The summed E-state index contributed by atoms with van der Waals surface area (Å²) in [6.45, 7) is 9.02. The number of rotatable bonds is 13.